The first-order valence-electron chi connectivity index (χ1n) is 5.36. The average Bonchev–Trinajstić information content (AvgIpc) is 2.32. The summed E-state index contributed by atoms with van der Waals surface area (Å²) in [5, 5.41) is 10.1. The Labute approximate surface area is 118 Å². The fourth-order valence-corrected chi connectivity index (χ4v) is 2.36. The number of aliphatic hydroxyl groups excluding tert-OH is 1. The van der Waals surface area contributed by atoms with Crippen molar-refractivity contribution in [2.24, 2.45) is 0 Å². The monoisotopic (exact) mass is 353 g/mol. The quantitative estimate of drug-likeness (QED) is 0.523. The van der Waals surface area contributed by atoms with Crippen LogP contribution in [0.1, 0.15) is 5.56 Å². The number of halogens is 1. The van der Waals surface area contributed by atoms with Gasteiger partial charge in [-0.1, -0.05) is 12.7 Å². The molecule has 2 aromatic rings. The van der Waals surface area contributed by atoms with Crippen molar-refractivity contribution in [3.05, 3.63) is 63.0 Å². The summed E-state index contributed by atoms with van der Waals surface area (Å²) in [5.74, 6) is -0.210. The SMILES string of the molecule is C=CCn1cc(C(=C)O)c(=O)c2cc(I)ccc21. The number of pyridine rings is 1. The van der Waals surface area contributed by atoms with Crippen LogP contribution in [0.25, 0.3) is 16.7 Å². The Morgan fingerprint density at radius 2 is 2.22 bits per heavy atom. The van der Waals surface area contributed by atoms with Gasteiger partial charge < -0.3 is 9.67 Å². The number of rotatable bonds is 3. The summed E-state index contributed by atoms with van der Waals surface area (Å²) in [6.45, 7) is 7.69. The molecule has 1 aromatic carbocycles. The topological polar surface area (TPSA) is 42.2 Å². The Morgan fingerprint density at radius 1 is 1.50 bits per heavy atom. The molecule has 0 fully saturated rings. The number of benzene rings is 1. The largest absolute Gasteiger partial charge is 0.508 e. The molecule has 0 radical (unpaired) electrons. The third-order valence-corrected chi connectivity index (χ3v) is 3.35. The van der Waals surface area contributed by atoms with E-state index in [-0.39, 0.29) is 16.8 Å². The summed E-state index contributed by atoms with van der Waals surface area (Å²) in [6.07, 6.45) is 3.35. The van der Waals surface area contributed by atoms with Gasteiger partial charge in [0.25, 0.3) is 0 Å². The smallest absolute Gasteiger partial charge is 0.200 e. The lowest BCUT2D eigenvalue weighted by atomic mass is 10.1. The molecule has 0 atom stereocenters. The Balaban J connectivity index is 2.92. The maximum Gasteiger partial charge on any atom is 0.200 e. The van der Waals surface area contributed by atoms with Crippen LogP contribution in [0.4, 0.5) is 0 Å². The fraction of sp³-hybridized carbons (Fsp3) is 0.0714. The van der Waals surface area contributed by atoms with Crippen LogP contribution in [0.3, 0.4) is 0 Å². The van der Waals surface area contributed by atoms with Crippen molar-refractivity contribution in [1.29, 1.82) is 0 Å². The van der Waals surface area contributed by atoms with Crippen LogP contribution in [0, 0.1) is 3.57 Å². The predicted molar refractivity (Wildman–Crippen MR) is 82.8 cm³/mol. The number of aliphatic hydroxyl groups is 1. The maximum absolute atomic E-state index is 12.2. The average molecular weight is 353 g/mol. The molecule has 1 heterocycles. The van der Waals surface area contributed by atoms with Gasteiger partial charge in [0.1, 0.15) is 5.76 Å². The van der Waals surface area contributed by atoms with Crippen LogP contribution in [-0.2, 0) is 6.54 Å². The number of allylic oxidation sites excluding steroid dienone is 1. The lowest BCUT2D eigenvalue weighted by molar-refractivity contribution is 0.512. The molecule has 2 rings (SSSR count). The molecular formula is C14H12INO2. The molecule has 0 aliphatic carbocycles. The highest BCUT2D eigenvalue weighted by Gasteiger charge is 2.10. The normalized spacial score (nSPS) is 10.5. The molecule has 4 heteroatoms. The van der Waals surface area contributed by atoms with E-state index in [0.29, 0.717) is 11.9 Å². The highest BCUT2D eigenvalue weighted by molar-refractivity contribution is 14.1. The molecule has 0 aliphatic heterocycles. The van der Waals surface area contributed by atoms with Crippen molar-refractivity contribution in [1.82, 2.24) is 4.57 Å². The Kier molecular flexibility index (Phi) is 3.56. The van der Waals surface area contributed by atoms with E-state index in [2.05, 4.69) is 35.7 Å². The zero-order chi connectivity index (χ0) is 13.3. The van der Waals surface area contributed by atoms with Gasteiger partial charge in [0, 0.05) is 21.7 Å². The molecule has 0 unspecified atom stereocenters. The molecule has 0 saturated carbocycles. The lowest BCUT2D eigenvalue weighted by Crippen LogP contribution is -2.14. The van der Waals surface area contributed by atoms with Gasteiger partial charge >= 0.3 is 0 Å². The second kappa shape index (κ2) is 4.97. The lowest BCUT2D eigenvalue weighted by Gasteiger charge is -2.11. The molecule has 0 bridgehead atoms. The van der Waals surface area contributed by atoms with E-state index >= 15 is 0 Å². The first-order valence-corrected chi connectivity index (χ1v) is 6.44. The van der Waals surface area contributed by atoms with Crippen LogP contribution in [0.15, 0.2) is 48.4 Å². The Morgan fingerprint density at radius 3 is 2.83 bits per heavy atom. The van der Waals surface area contributed by atoms with E-state index in [9.17, 15) is 9.90 Å². The van der Waals surface area contributed by atoms with Crippen molar-refractivity contribution >= 4 is 39.3 Å². The summed E-state index contributed by atoms with van der Waals surface area (Å²) in [7, 11) is 0. The van der Waals surface area contributed by atoms with Crippen molar-refractivity contribution in [3.8, 4) is 0 Å². The maximum atomic E-state index is 12.2. The highest BCUT2D eigenvalue weighted by Crippen LogP contribution is 2.17. The predicted octanol–water partition coefficient (Wildman–Crippen LogP) is 3.32. The summed E-state index contributed by atoms with van der Waals surface area (Å²) in [5.41, 5.74) is 0.855. The van der Waals surface area contributed by atoms with E-state index in [4.69, 9.17) is 0 Å². The second-order valence-corrected chi connectivity index (χ2v) is 5.17. The first kappa shape index (κ1) is 12.9. The minimum atomic E-state index is -0.210. The van der Waals surface area contributed by atoms with Gasteiger partial charge in [-0.15, -0.1) is 6.58 Å². The number of aromatic nitrogens is 1. The highest BCUT2D eigenvalue weighted by atomic mass is 127. The third kappa shape index (κ3) is 2.20. The molecule has 0 spiro atoms. The van der Waals surface area contributed by atoms with E-state index < -0.39 is 0 Å². The fourth-order valence-electron chi connectivity index (χ4n) is 1.87. The van der Waals surface area contributed by atoms with E-state index in [1.54, 1.807) is 12.3 Å². The number of hydrogen-bond acceptors (Lipinski definition) is 2. The van der Waals surface area contributed by atoms with Crippen LogP contribution in [0.2, 0.25) is 0 Å². The molecule has 0 aliphatic rings. The molecule has 3 nitrogen and oxygen atoms in total. The van der Waals surface area contributed by atoms with Gasteiger partial charge in [-0.05, 0) is 40.8 Å². The number of nitrogens with zero attached hydrogens (tertiary/aromatic N) is 1. The summed E-state index contributed by atoms with van der Waals surface area (Å²) in [6, 6.07) is 5.64. The van der Waals surface area contributed by atoms with Gasteiger partial charge in [-0.3, -0.25) is 4.79 Å². The molecule has 0 amide bonds. The summed E-state index contributed by atoms with van der Waals surface area (Å²) >= 11 is 2.15. The van der Waals surface area contributed by atoms with E-state index in [0.717, 1.165) is 9.09 Å². The van der Waals surface area contributed by atoms with Gasteiger partial charge in [-0.25, -0.2) is 0 Å². The standard InChI is InChI=1S/C14H12INO2/c1-3-6-16-8-12(9(2)17)14(18)11-7-10(15)4-5-13(11)16/h3-5,7-8,17H,1-2,6H2. The molecule has 18 heavy (non-hydrogen) atoms. The first-order chi connectivity index (χ1) is 8.54. The van der Waals surface area contributed by atoms with Gasteiger partial charge in [0.05, 0.1) is 11.1 Å². The van der Waals surface area contributed by atoms with Crippen LogP contribution in [0.5, 0.6) is 0 Å². The Hall–Kier alpha value is -1.56. The minimum absolute atomic E-state index is 0.198. The summed E-state index contributed by atoms with van der Waals surface area (Å²) < 4.78 is 2.85. The van der Waals surface area contributed by atoms with Gasteiger partial charge in [0.15, 0.2) is 5.43 Å². The van der Waals surface area contributed by atoms with Crippen LogP contribution >= 0.6 is 22.6 Å². The van der Waals surface area contributed by atoms with Gasteiger partial charge in [0.2, 0.25) is 0 Å². The third-order valence-electron chi connectivity index (χ3n) is 2.68. The number of hydrogen-bond donors (Lipinski definition) is 1. The second-order valence-electron chi connectivity index (χ2n) is 3.92. The molecule has 1 N–H and O–H groups in total. The van der Waals surface area contributed by atoms with Crippen molar-refractivity contribution in [3.63, 3.8) is 0 Å². The zero-order valence-corrected chi connectivity index (χ0v) is 11.8. The van der Waals surface area contributed by atoms with Crippen molar-refractivity contribution in [2.45, 2.75) is 6.54 Å². The molecule has 92 valence electrons. The van der Waals surface area contributed by atoms with Crippen LogP contribution in [-0.4, -0.2) is 9.67 Å². The molecular weight excluding hydrogens is 341 g/mol. The molecule has 0 saturated heterocycles. The van der Waals surface area contributed by atoms with Gasteiger partial charge in [-0.2, -0.15) is 0 Å². The van der Waals surface area contributed by atoms with E-state index in [1.807, 2.05) is 22.8 Å². The minimum Gasteiger partial charge on any atom is -0.508 e. The van der Waals surface area contributed by atoms with Crippen LogP contribution < -0.4 is 5.43 Å². The molecule has 1 aromatic heterocycles. The zero-order valence-electron chi connectivity index (χ0n) is 9.69. The Bertz CT molecular complexity index is 701. The number of fused-ring (bicyclic) bond motifs is 1. The summed E-state index contributed by atoms with van der Waals surface area (Å²) in [4.78, 5) is 12.2. The van der Waals surface area contributed by atoms with Crippen molar-refractivity contribution < 1.29 is 5.11 Å². The van der Waals surface area contributed by atoms with Crippen molar-refractivity contribution in [2.75, 3.05) is 0 Å². The van der Waals surface area contributed by atoms with E-state index in [1.165, 1.54) is 0 Å².